The van der Waals surface area contributed by atoms with E-state index in [-0.39, 0.29) is 23.6 Å². The maximum Gasteiger partial charge on any atom is 0.278 e. The maximum atomic E-state index is 13.3. The summed E-state index contributed by atoms with van der Waals surface area (Å²) >= 11 is 0. The summed E-state index contributed by atoms with van der Waals surface area (Å²) in [6.45, 7) is 8.38. The second kappa shape index (κ2) is 9.77. The first kappa shape index (κ1) is 23.2. The van der Waals surface area contributed by atoms with Gasteiger partial charge in [-0.2, -0.15) is 0 Å². The smallest absolute Gasteiger partial charge is 0.278 e. The van der Waals surface area contributed by atoms with Crippen LogP contribution in [0.2, 0.25) is 0 Å². The van der Waals surface area contributed by atoms with E-state index in [0.29, 0.717) is 46.6 Å². The van der Waals surface area contributed by atoms with Gasteiger partial charge < -0.3 is 19.5 Å². The number of amides is 2. The molecule has 32 heavy (non-hydrogen) atoms. The number of nitrogens with zero attached hydrogens (tertiary/aromatic N) is 1. The van der Waals surface area contributed by atoms with Crippen LogP contribution < -0.4 is 19.5 Å². The Balaban J connectivity index is 2.04. The largest absolute Gasteiger partial charge is 0.497 e. The van der Waals surface area contributed by atoms with E-state index in [1.807, 2.05) is 26.0 Å². The van der Waals surface area contributed by atoms with Gasteiger partial charge in [0.2, 0.25) is 0 Å². The summed E-state index contributed by atoms with van der Waals surface area (Å²) in [5.41, 5.74) is 1.67. The Kier molecular flexibility index (Phi) is 7.08. The number of hydrogen-bond acceptors (Lipinski definition) is 6. The molecule has 0 unspecified atom stereocenters. The quantitative estimate of drug-likeness (QED) is 0.587. The maximum absolute atomic E-state index is 13.3. The van der Waals surface area contributed by atoms with Gasteiger partial charge in [-0.05, 0) is 49.6 Å². The summed E-state index contributed by atoms with van der Waals surface area (Å²) < 4.78 is 16.5. The summed E-state index contributed by atoms with van der Waals surface area (Å²) in [4.78, 5) is 27.7. The van der Waals surface area contributed by atoms with Crippen LogP contribution in [0.3, 0.4) is 0 Å². The number of rotatable bonds is 9. The van der Waals surface area contributed by atoms with Crippen molar-refractivity contribution in [3.8, 4) is 17.2 Å². The van der Waals surface area contributed by atoms with Crippen molar-refractivity contribution in [1.82, 2.24) is 4.90 Å². The van der Waals surface area contributed by atoms with Crippen molar-refractivity contribution in [1.29, 1.82) is 0 Å². The van der Waals surface area contributed by atoms with Gasteiger partial charge >= 0.3 is 0 Å². The molecule has 0 saturated heterocycles. The zero-order chi connectivity index (χ0) is 23.4. The van der Waals surface area contributed by atoms with E-state index in [2.05, 4.69) is 19.2 Å². The number of benzene rings is 2. The molecule has 0 atom stereocenters. The Hall–Kier alpha value is -3.48. The zero-order valence-corrected chi connectivity index (χ0v) is 19.4. The monoisotopic (exact) mass is 438 g/mol. The van der Waals surface area contributed by atoms with Crippen molar-refractivity contribution in [2.75, 3.05) is 26.1 Å². The minimum Gasteiger partial charge on any atom is -0.497 e. The molecule has 2 amide bonds. The Bertz CT molecular complexity index is 1030. The molecule has 2 aromatic carbocycles. The van der Waals surface area contributed by atoms with Gasteiger partial charge in [-0.1, -0.05) is 26.0 Å². The molecular formula is C25H30N2O5. The summed E-state index contributed by atoms with van der Waals surface area (Å²) in [6, 6.07) is 12.2. The number of ether oxygens (including phenoxy) is 3. The molecule has 0 spiro atoms. The van der Waals surface area contributed by atoms with E-state index < -0.39 is 0 Å². The minimum absolute atomic E-state index is 0.200. The number of methoxy groups -OCH3 is 2. The fourth-order valence-corrected chi connectivity index (χ4v) is 3.43. The lowest BCUT2D eigenvalue weighted by molar-refractivity contribution is -0.138. The third-order valence-corrected chi connectivity index (χ3v) is 5.02. The van der Waals surface area contributed by atoms with Crippen molar-refractivity contribution in [3.63, 3.8) is 0 Å². The van der Waals surface area contributed by atoms with Crippen molar-refractivity contribution in [3.05, 3.63) is 53.7 Å². The molecule has 0 bridgehead atoms. The number of anilines is 1. The molecule has 0 aromatic heterocycles. The predicted octanol–water partition coefficient (Wildman–Crippen LogP) is 4.34. The molecule has 0 radical (unpaired) electrons. The van der Waals surface area contributed by atoms with Gasteiger partial charge in [0, 0.05) is 12.1 Å². The molecular weight excluding hydrogens is 408 g/mol. The lowest BCUT2D eigenvalue weighted by atomic mass is 10.0. The van der Waals surface area contributed by atoms with E-state index in [9.17, 15) is 9.59 Å². The van der Waals surface area contributed by atoms with E-state index in [0.717, 1.165) is 0 Å². The number of imide groups is 1. The summed E-state index contributed by atoms with van der Waals surface area (Å²) in [7, 11) is 3.10. The van der Waals surface area contributed by atoms with Crippen molar-refractivity contribution in [2.45, 2.75) is 33.7 Å². The van der Waals surface area contributed by atoms with Crippen LogP contribution in [0.1, 0.15) is 33.3 Å². The Morgan fingerprint density at radius 1 is 0.875 bits per heavy atom. The van der Waals surface area contributed by atoms with Crippen LogP contribution in [0, 0.1) is 5.92 Å². The van der Waals surface area contributed by atoms with Gasteiger partial charge in [-0.25, -0.2) is 0 Å². The Morgan fingerprint density at radius 3 is 2.09 bits per heavy atom. The molecule has 7 heteroatoms. The zero-order valence-electron chi connectivity index (χ0n) is 19.4. The molecule has 7 nitrogen and oxygen atoms in total. The number of hydrogen-bond donors (Lipinski definition) is 1. The van der Waals surface area contributed by atoms with Gasteiger partial charge in [-0.3, -0.25) is 14.5 Å². The van der Waals surface area contributed by atoms with Crippen LogP contribution >= 0.6 is 0 Å². The molecule has 1 aliphatic rings. The third kappa shape index (κ3) is 4.72. The van der Waals surface area contributed by atoms with Crippen LogP contribution in [0.4, 0.5) is 5.69 Å². The number of carbonyl (C=O) groups excluding carboxylic acids is 2. The number of carbonyl (C=O) groups is 2. The molecule has 1 aliphatic heterocycles. The molecule has 0 saturated carbocycles. The first-order chi connectivity index (χ1) is 15.3. The van der Waals surface area contributed by atoms with Crippen LogP contribution in [0.5, 0.6) is 17.2 Å². The molecule has 2 aromatic rings. The van der Waals surface area contributed by atoms with E-state index >= 15 is 0 Å². The van der Waals surface area contributed by atoms with Gasteiger partial charge in [-0.15, -0.1) is 0 Å². The summed E-state index contributed by atoms with van der Waals surface area (Å²) in [5.74, 6) is 1.51. The van der Waals surface area contributed by atoms with Crippen molar-refractivity contribution in [2.24, 2.45) is 5.92 Å². The normalized spacial score (nSPS) is 13.9. The van der Waals surface area contributed by atoms with Gasteiger partial charge in [0.25, 0.3) is 11.8 Å². The highest BCUT2D eigenvalue weighted by molar-refractivity contribution is 6.36. The van der Waals surface area contributed by atoms with Gasteiger partial charge in [0.1, 0.15) is 22.9 Å². The molecule has 3 rings (SSSR count). The predicted molar refractivity (Wildman–Crippen MR) is 124 cm³/mol. The SMILES string of the molecule is COc1ccc(OC)c(NC2=C(c3ccc(OCC(C)C)cc3)C(=O)N(C(C)C)C2=O)c1. The average Bonchev–Trinajstić information content (AvgIpc) is 3.02. The molecule has 170 valence electrons. The number of nitrogens with one attached hydrogen (secondary N) is 1. The Labute approximate surface area is 189 Å². The first-order valence-electron chi connectivity index (χ1n) is 10.6. The molecule has 0 fully saturated rings. The second-order valence-corrected chi connectivity index (χ2v) is 8.24. The highest BCUT2D eigenvalue weighted by Gasteiger charge is 2.40. The average molecular weight is 439 g/mol. The summed E-state index contributed by atoms with van der Waals surface area (Å²) in [6.07, 6.45) is 0. The van der Waals surface area contributed by atoms with E-state index in [4.69, 9.17) is 14.2 Å². The standard InChI is InChI=1S/C25H30N2O5/c1-15(2)14-32-18-9-7-17(8-10-18)22-23(25(29)27(16(3)4)24(22)28)26-20-13-19(30-5)11-12-21(20)31-6/h7-13,15-16,26H,14H2,1-6H3. The van der Waals surface area contributed by atoms with Crippen LogP contribution in [-0.4, -0.2) is 43.6 Å². The van der Waals surface area contributed by atoms with E-state index in [1.165, 1.54) is 4.90 Å². The third-order valence-electron chi connectivity index (χ3n) is 5.02. The minimum atomic E-state index is -0.384. The topological polar surface area (TPSA) is 77.1 Å². The highest BCUT2D eigenvalue weighted by Crippen LogP contribution is 2.36. The fraction of sp³-hybridized carbons (Fsp3) is 0.360. The molecule has 0 aliphatic carbocycles. The second-order valence-electron chi connectivity index (χ2n) is 8.24. The van der Waals surface area contributed by atoms with Crippen LogP contribution in [0.15, 0.2) is 48.2 Å². The van der Waals surface area contributed by atoms with Gasteiger partial charge in [0.05, 0.1) is 32.1 Å². The van der Waals surface area contributed by atoms with Crippen LogP contribution in [-0.2, 0) is 9.59 Å². The molecule has 1 heterocycles. The molecule has 1 N–H and O–H groups in total. The lowest BCUT2D eigenvalue weighted by Gasteiger charge is -2.19. The van der Waals surface area contributed by atoms with Crippen molar-refractivity contribution >= 4 is 23.1 Å². The highest BCUT2D eigenvalue weighted by atomic mass is 16.5. The van der Waals surface area contributed by atoms with Crippen LogP contribution in [0.25, 0.3) is 5.57 Å². The Morgan fingerprint density at radius 2 is 1.53 bits per heavy atom. The van der Waals surface area contributed by atoms with Crippen molar-refractivity contribution < 1.29 is 23.8 Å². The van der Waals surface area contributed by atoms with E-state index in [1.54, 1.807) is 44.6 Å². The lowest BCUT2D eigenvalue weighted by Crippen LogP contribution is -2.38. The summed E-state index contributed by atoms with van der Waals surface area (Å²) in [5, 5.41) is 3.13. The first-order valence-corrected chi connectivity index (χ1v) is 10.6. The van der Waals surface area contributed by atoms with Gasteiger partial charge in [0.15, 0.2) is 0 Å². The fourth-order valence-electron chi connectivity index (χ4n) is 3.43.